The van der Waals surface area contributed by atoms with E-state index in [0.29, 0.717) is 5.57 Å². The summed E-state index contributed by atoms with van der Waals surface area (Å²) in [5.74, 6) is -0.0877. The fraction of sp³-hybridized carbons (Fsp3) is 0.0625. The lowest BCUT2D eigenvalue weighted by molar-refractivity contribution is -0.113. The van der Waals surface area contributed by atoms with Gasteiger partial charge in [0.1, 0.15) is 0 Å². The highest BCUT2D eigenvalue weighted by Crippen LogP contribution is 2.24. The molecular weight excluding hydrogens is 349 g/mol. The van der Waals surface area contributed by atoms with E-state index in [0.717, 1.165) is 14.8 Å². The molecular formula is C16H14INO. The third-order valence-corrected chi connectivity index (χ3v) is 3.81. The fourth-order valence-electron chi connectivity index (χ4n) is 1.80. The van der Waals surface area contributed by atoms with E-state index in [9.17, 15) is 4.79 Å². The molecule has 0 saturated carbocycles. The van der Waals surface area contributed by atoms with Gasteiger partial charge in [-0.25, -0.2) is 0 Å². The van der Waals surface area contributed by atoms with Crippen molar-refractivity contribution >= 4 is 39.8 Å². The van der Waals surface area contributed by atoms with Crippen molar-refractivity contribution in [3.63, 3.8) is 0 Å². The molecule has 0 N–H and O–H groups in total. The Labute approximate surface area is 126 Å². The number of hydrogen-bond donors (Lipinski definition) is 0. The number of para-hydroxylation sites is 1. The molecule has 0 aliphatic heterocycles. The number of carbonyl (C=O) groups is 1. The zero-order valence-electron chi connectivity index (χ0n) is 10.6. The molecule has 2 nitrogen and oxygen atoms in total. The SMILES string of the molecule is C=C(C(=O)N(C)c1ccccc1I)c1ccccc1. The zero-order chi connectivity index (χ0) is 13.8. The number of likely N-dealkylation sites (N-methyl/N-ethyl adjacent to an activating group) is 1. The van der Waals surface area contributed by atoms with E-state index in [-0.39, 0.29) is 5.91 Å². The molecule has 0 unspecified atom stereocenters. The highest BCUT2D eigenvalue weighted by molar-refractivity contribution is 14.1. The Bertz CT molecular complexity index is 607. The van der Waals surface area contributed by atoms with E-state index in [1.807, 2.05) is 54.6 Å². The molecule has 1 amide bonds. The minimum absolute atomic E-state index is 0.0877. The molecule has 0 heterocycles. The monoisotopic (exact) mass is 363 g/mol. The maximum Gasteiger partial charge on any atom is 0.258 e. The number of benzene rings is 2. The Hall–Kier alpha value is -1.62. The van der Waals surface area contributed by atoms with E-state index in [1.54, 1.807) is 11.9 Å². The molecule has 0 saturated heterocycles. The van der Waals surface area contributed by atoms with Crippen LogP contribution in [0.4, 0.5) is 5.69 Å². The Morgan fingerprint density at radius 2 is 1.63 bits per heavy atom. The topological polar surface area (TPSA) is 20.3 Å². The number of halogens is 1. The summed E-state index contributed by atoms with van der Waals surface area (Å²) in [6.07, 6.45) is 0. The van der Waals surface area contributed by atoms with E-state index in [2.05, 4.69) is 29.2 Å². The van der Waals surface area contributed by atoms with E-state index in [4.69, 9.17) is 0 Å². The number of hydrogen-bond acceptors (Lipinski definition) is 1. The minimum atomic E-state index is -0.0877. The van der Waals surface area contributed by atoms with Crippen LogP contribution in [0.3, 0.4) is 0 Å². The van der Waals surface area contributed by atoms with Crippen molar-refractivity contribution in [3.8, 4) is 0 Å². The standard InChI is InChI=1S/C16H14INO/c1-12(13-8-4-3-5-9-13)16(19)18(2)15-11-7-6-10-14(15)17/h3-11H,1H2,2H3. The van der Waals surface area contributed by atoms with Crippen LogP contribution in [0.15, 0.2) is 61.2 Å². The van der Waals surface area contributed by atoms with Crippen LogP contribution in [0.5, 0.6) is 0 Å². The molecule has 0 aliphatic carbocycles. The van der Waals surface area contributed by atoms with Gasteiger partial charge in [0.15, 0.2) is 0 Å². The van der Waals surface area contributed by atoms with Gasteiger partial charge in [-0.1, -0.05) is 49.0 Å². The van der Waals surface area contributed by atoms with Crippen LogP contribution >= 0.6 is 22.6 Å². The molecule has 3 heteroatoms. The van der Waals surface area contributed by atoms with Crippen LogP contribution < -0.4 is 4.90 Å². The summed E-state index contributed by atoms with van der Waals surface area (Å²) < 4.78 is 1.04. The molecule has 0 aromatic heterocycles. The summed E-state index contributed by atoms with van der Waals surface area (Å²) in [5.41, 5.74) is 2.25. The normalized spacial score (nSPS) is 10.0. The number of nitrogens with zero attached hydrogens (tertiary/aromatic N) is 1. The summed E-state index contributed by atoms with van der Waals surface area (Å²) in [6.45, 7) is 3.91. The van der Waals surface area contributed by atoms with E-state index in [1.165, 1.54) is 0 Å². The van der Waals surface area contributed by atoms with Crippen molar-refractivity contribution in [2.75, 3.05) is 11.9 Å². The third kappa shape index (κ3) is 3.04. The lowest BCUT2D eigenvalue weighted by Gasteiger charge is -2.20. The second kappa shape index (κ2) is 6.02. The van der Waals surface area contributed by atoms with Gasteiger partial charge in [0, 0.05) is 16.2 Å². The smallest absolute Gasteiger partial charge is 0.258 e. The molecule has 96 valence electrons. The lowest BCUT2D eigenvalue weighted by atomic mass is 10.1. The Kier molecular flexibility index (Phi) is 4.37. The van der Waals surface area contributed by atoms with Crippen LogP contribution in [0.1, 0.15) is 5.56 Å². The van der Waals surface area contributed by atoms with Crippen molar-refractivity contribution in [2.24, 2.45) is 0 Å². The first-order chi connectivity index (χ1) is 9.11. The summed E-state index contributed by atoms with van der Waals surface area (Å²) in [4.78, 5) is 14.1. The Morgan fingerprint density at radius 3 is 2.26 bits per heavy atom. The second-order valence-corrected chi connectivity index (χ2v) is 5.32. The summed E-state index contributed by atoms with van der Waals surface area (Å²) >= 11 is 2.22. The number of amides is 1. The summed E-state index contributed by atoms with van der Waals surface area (Å²) in [7, 11) is 1.77. The molecule has 0 spiro atoms. The molecule has 0 aliphatic rings. The molecule has 2 rings (SSSR count). The van der Waals surface area contributed by atoms with Crippen LogP contribution in [-0.4, -0.2) is 13.0 Å². The van der Waals surface area contributed by atoms with Crippen molar-refractivity contribution in [3.05, 3.63) is 70.3 Å². The van der Waals surface area contributed by atoms with Crippen molar-refractivity contribution in [1.82, 2.24) is 0 Å². The van der Waals surface area contributed by atoms with Gasteiger partial charge >= 0.3 is 0 Å². The maximum atomic E-state index is 12.4. The average Bonchev–Trinajstić information content (AvgIpc) is 2.46. The van der Waals surface area contributed by atoms with Crippen molar-refractivity contribution in [1.29, 1.82) is 0 Å². The molecule has 0 radical (unpaired) electrons. The minimum Gasteiger partial charge on any atom is -0.310 e. The highest BCUT2D eigenvalue weighted by Gasteiger charge is 2.17. The molecule has 0 atom stereocenters. The van der Waals surface area contributed by atoms with Gasteiger partial charge in [0.2, 0.25) is 0 Å². The van der Waals surface area contributed by atoms with Crippen LogP contribution in [0.25, 0.3) is 5.57 Å². The second-order valence-electron chi connectivity index (χ2n) is 4.16. The first-order valence-corrected chi connectivity index (χ1v) is 6.96. The van der Waals surface area contributed by atoms with E-state index < -0.39 is 0 Å². The first kappa shape index (κ1) is 13.8. The van der Waals surface area contributed by atoms with Gasteiger partial charge in [-0.3, -0.25) is 4.79 Å². The highest BCUT2D eigenvalue weighted by atomic mass is 127. The zero-order valence-corrected chi connectivity index (χ0v) is 12.8. The largest absolute Gasteiger partial charge is 0.310 e. The van der Waals surface area contributed by atoms with Crippen molar-refractivity contribution < 1.29 is 4.79 Å². The average molecular weight is 363 g/mol. The quantitative estimate of drug-likeness (QED) is 0.597. The lowest BCUT2D eigenvalue weighted by Crippen LogP contribution is -2.27. The first-order valence-electron chi connectivity index (χ1n) is 5.88. The van der Waals surface area contributed by atoms with Gasteiger partial charge in [-0.05, 0) is 40.3 Å². The third-order valence-electron chi connectivity index (χ3n) is 2.90. The predicted octanol–water partition coefficient (Wildman–Crippen LogP) is 3.97. The molecule has 2 aromatic carbocycles. The summed E-state index contributed by atoms with van der Waals surface area (Å²) in [5, 5.41) is 0. The van der Waals surface area contributed by atoms with Gasteiger partial charge in [-0.2, -0.15) is 0 Å². The van der Waals surface area contributed by atoms with Crippen LogP contribution in [0, 0.1) is 3.57 Å². The van der Waals surface area contributed by atoms with Gasteiger partial charge in [-0.15, -0.1) is 0 Å². The Morgan fingerprint density at radius 1 is 1.05 bits per heavy atom. The molecule has 0 bridgehead atoms. The van der Waals surface area contributed by atoms with Crippen LogP contribution in [0.2, 0.25) is 0 Å². The van der Waals surface area contributed by atoms with Gasteiger partial charge in [0.25, 0.3) is 5.91 Å². The predicted molar refractivity (Wildman–Crippen MR) is 88.0 cm³/mol. The fourth-order valence-corrected chi connectivity index (χ4v) is 2.55. The molecule has 2 aromatic rings. The molecule has 19 heavy (non-hydrogen) atoms. The van der Waals surface area contributed by atoms with Gasteiger partial charge < -0.3 is 4.90 Å². The van der Waals surface area contributed by atoms with Crippen LogP contribution in [-0.2, 0) is 4.79 Å². The number of rotatable bonds is 3. The molecule has 0 fully saturated rings. The van der Waals surface area contributed by atoms with Gasteiger partial charge in [0.05, 0.1) is 5.69 Å². The number of anilines is 1. The summed E-state index contributed by atoms with van der Waals surface area (Å²) in [6, 6.07) is 17.3. The Balaban J connectivity index is 2.26. The van der Waals surface area contributed by atoms with Crippen molar-refractivity contribution in [2.45, 2.75) is 0 Å². The number of carbonyl (C=O) groups excluding carboxylic acids is 1. The van der Waals surface area contributed by atoms with E-state index >= 15 is 0 Å². The maximum absolute atomic E-state index is 12.4.